The van der Waals surface area contributed by atoms with Crippen molar-refractivity contribution in [2.75, 3.05) is 26.3 Å². The molecule has 0 spiro atoms. The van der Waals surface area contributed by atoms with Gasteiger partial charge in [0, 0.05) is 18.7 Å². The van der Waals surface area contributed by atoms with E-state index in [-0.39, 0.29) is 5.91 Å². The minimum atomic E-state index is 0.0597. The van der Waals surface area contributed by atoms with Crippen LogP contribution in [0.5, 0.6) is 5.75 Å². The highest BCUT2D eigenvalue weighted by atomic mass is 127. The van der Waals surface area contributed by atoms with Crippen LogP contribution in [0.25, 0.3) is 10.8 Å². The van der Waals surface area contributed by atoms with E-state index < -0.39 is 0 Å². The van der Waals surface area contributed by atoms with Crippen molar-refractivity contribution in [1.82, 2.24) is 4.90 Å². The molecule has 0 radical (unpaired) electrons. The lowest BCUT2D eigenvalue weighted by atomic mass is 10.0. The lowest BCUT2D eigenvalue weighted by Crippen LogP contribution is -2.40. The number of hydrogen-bond donors (Lipinski definition) is 0. The molecular weight excluding hydrogens is 369 g/mol. The monoisotopic (exact) mass is 383 g/mol. The molecule has 0 saturated carbocycles. The molecule has 1 heterocycles. The number of fused-ring (bicyclic) bond motifs is 1. The molecule has 0 N–H and O–H groups in total. The first-order valence-electron chi connectivity index (χ1n) is 6.48. The maximum atomic E-state index is 12.6. The zero-order valence-electron chi connectivity index (χ0n) is 10.8. The highest BCUT2D eigenvalue weighted by molar-refractivity contribution is 14.1. The van der Waals surface area contributed by atoms with Crippen molar-refractivity contribution < 1.29 is 12.6 Å². The van der Waals surface area contributed by atoms with E-state index in [1.807, 2.05) is 64.3 Å². The lowest BCUT2D eigenvalue weighted by molar-refractivity contribution is 0.0304. The van der Waals surface area contributed by atoms with E-state index >= 15 is 0 Å². The molecule has 1 fully saturated rings. The largest absolute Gasteiger partial charge is 0.428 e. The average Bonchev–Trinajstić information content (AvgIpc) is 2.54. The fourth-order valence-corrected chi connectivity index (χ4v) is 2.70. The zero-order chi connectivity index (χ0) is 13.9. The van der Waals surface area contributed by atoms with Gasteiger partial charge in [-0.15, -0.1) is 0 Å². The molecule has 2 aromatic carbocycles. The molecule has 2 aromatic rings. The first-order valence-corrected chi connectivity index (χ1v) is 7.36. The Labute approximate surface area is 131 Å². The van der Waals surface area contributed by atoms with E-state index in [9.17, 15) is 4.79 Å². The number of morpholine rings is 1. The third-order valence-electron chi connectivity index (χ3n) is 3.47. The van der Waals surface area contributed by atoms with Gasteiger partial charge in [-0.25, -0.2) is 0 Å². The highest BCUT2D eigenvalue weighted by Gasteiger charge is 2.20. The number of nitrogens with zero attached hydrogens (tertiary/aromatic N) is 1. The van der Waals surface area contributed by atoms with Gasteiger partial charge in [0.2, 0.25) is 0 Å². The molecule has 1 amide bonds. The van der Waals surface area contributed by atoms with Gasteiger partial charge in [-0.1, -0.05) is 18.2 Å². The standard InChI is InChI=1S/C15H14INO3/c16-20-12-5-4-11-2-1-3-13(14(11)10-12)15(18)17-6-8-19-9-7-17/h1-5,10H,6-9H2. The number of rotatable bonds is 2. The van der Waals surface area contributed by atoms with Gasteiger partial charge in [0.1, 0.15) is 5.75 Å². The SMILES string of the molecule is O=C(c1cccc2ccc(OI)cc12)N1CCOCC1. The average molecular weight is 383 g/mol. The smallest absolute Gasteiger partial charge is 0.254 e. The lowest BCUT2D eigenvalue weighted by Gasteiger charge is -2.27. The van der Waals surface area contributed by atoms with Crippen LogP contribution in [-0.2, 0) is 4.74 Å². The second-order valence-corrected chi connectivity index (χ2v) is 5.11. The van der Waals surface area contributed by atoms with Gasteiger partial charge in [0.05, 0.1) is 13.2 Å². The van der Waals surface area contributed by atoms with Gasteiger partial charge in [-0.2, -0.15) is 0 Å². The summed E-state index contributed by atoms with van der Waals surface area (Å²) >= 11 is 1.85. The van der Waals surface area contributed by atoms with E-state index in [1.54, 1.807) is 0 Å². The molecule has 0 atom stereocenters. The number of carbonyl (C=O) groups excluding carboxylic acids is 1. The molecule has 3 rings (SSSR count). The van der Waals surface area contributed by atoms with Crippen LogP contribution >= 0.6 is 23.0 Å². The number of hydrogen-bond acceptors (Lipinski definition) is 3. The predicted molar refractivity (Wildman–Crippen MR) is 85.3 cm³/mol. The summed E-state index contributed by atoms with van der Waals surface area (Å²) in [4.78, 5) is 14.5. The Morgan fingerprint density at radius 3 is 2.75 bits per heavy atom. The molecule has 1 aliphatic heterocycles. The number of halogens is 1. The summed E-state index contributed by atoms with van der Waals surface area (Å²) in [7, 11) is 0. The molecule has 4 nitrogen and oxygen atoms in total. The van der Waals surface area contributed by atoms with Crippen molar-refractivity contribution in [2.24, 2.45) is 0 Å². The number of amides is 1. The van der Waals surface area contributed by atoms with Crippen molar-refractivity contribution in [3.8, 4) is 5.75 Å². The van der Waals surface area contributed by atoms with Crippen LogP contribution in [0.15, 0.2) is 36.4 Å². The Morgan fingerprint density at radius 1 is 1.20 bits per heavy atom. The summed E-state index contributed by atoms with van der Waals surface area (Å²) in [6, 6.07) is 11.6. The summed E-state index contributed by atoms with van der Waals surface area (Å²) in [5.74, 6) is 0.810. The van der Waals surface area contributed by atoms with Gasteiger partial charge in [0.15, 0.2) is 23.0 Å². The highest BCUT2D eigenvalue weighted by Crippen LogP contribution is 2.26. The van der Waals surface area contributed by atoms with Gasteiger partial charge in [0.25, 0.3) is 5.91 Å². The minimum absolute atomic E-state index is 0.0597. The Morgan fingerprint density at radius 2 is 2.00 bits per heavy atom. The fraction of sp³-hybridized carbons (Fsp3) is 0.267. The van der Waals surface area contributed by atoms with Crippen LogP contribution in [0.2, 0.25) is 0 Å². The summed E-state index contributed by atoms with van der Waals surface area (Å²) in [5.41, 5.74) is 0.722. The van der Waals surface area contributed by atoms with Gasteiger partial charge < -0.3 is 12.7 Å². The third kappa shape index (κ3) is 2.60. The summed E-state index contributed by atoms with van der Waals surface area (Å²) in [6.07, 6.45) is 0. The Hall–Kier alpha value is -1.34. The molecule has 104 valence electrons. The molecule has 0 aromatic heterocycles. The Kier molecular flexibility index (Phi) is 4.07. The second kappa shape index (κ2) is 5.97. The minimum Gasteiger partial charge on any atom is -0.428 e. The van der Waals surface area contributed by atoms with Crippen molar-refractivity contribution >= 4 is 39.7 Å². The molecular formula is C15H14INO3. The van der Waals surface area contributed by atoms with E-state index in [2.05, 4.69) is 0 Å². The summed E-state index contributed by atoms with van der Waals surface area (Å²) < 4.78 is 10.5. The van der Waals surface area contributed by atoms with Gasteiger partial charge in [-0.05, 0) is 29.0 Å². The first kappa shape index (κ1) is 13.6. The van der Waals surface area contributed by atoms with Crippen molar-refractivity contribution in [2.45, 2.75) is 0 Å². The molecule has 1 aliphatic rings. The molecule has 0 aliphatic carbocycles. The summed E-state index contributed by atoms with van der Waals surface area (Å²) in [6.45, 7) is 2.52. The van der Waals surface area contributed by atoms with E-state index in [4.69, 9.17) is 7.80 Å². The van der Waals surface area contributed by atoms with Crippen molar-refractivity contribution in [1.29, 1.82) is 0 Å². The van der Waals surface area contributed by atoms with Crippen molar-refractivity contribution in [3.05, 3.63) is 42.0 Å². The van der Waals surface area contributed by atoms with Crippen LogP contribution in [0, 0.1) is 0 Å². The third-order valence-corrected chi connectivity index (χ3v) is 3.98. The number of benzene rings is 2. The van der Waals surface area contributed by atoms with Crippen LogP contribution in [0.4, 0.5) is 0 Å². The first-order chi connectivity index (χ1) is 9.79. The van der Waals surface area contributed by atoms with E-state index in [1.165, 1.54) is 0 Å². The molecule has 0 bridgehead atoms. The van der Waals surface area contributed by atoms with E-state index in [0.717, 1.165) is 22.1 Å². The van der Waals surface area contributed by atoms with Gasteiger partial charge >= 0.3 is 0 Å². The van der Waals surface area contributed by atoms with Crippen LogP contribution < -0.4 is 3.07 Å². The fourth-order valence-electron chi connectivity index (χ4n) is 2.42. The molecule has 20 heavy (non-hydrogen) atoms. The zero-order valence-corrected chi connectivity index (χ0v) is 13.0. The Bertz CT molecular complexity index is 638. The maximum Gasteiger partial charge on any atom is 0.254 e. The quantitative estimate of drug-likeness (QED) is 0.749. The van der Waals surface area contributed by atoms with Crippen LogP contribution in [0.1, 0.15) is 10.4 Å². The topological polar surface area (TPSA) is 38.8 Å². The van der Waals surface area contributed by atoms with E-state index in [0.29, 0.717) is 26.3 Å². The number of carbonyl (C=O) groups is 1. The van der Waals surface area contributed by atoms with Crippen LogP contribution in [-0.4, -0.2) is 37.1 Å². The van der Waals surface area contributed by atoms with Crippen molar-refractivity contribution in [3.63, 3.8) is 0 Å². The number of ether oxygens (including phenoxy) is 1. The molecule has 0 unspecified atom stereocenters. The predicted octanol–water partition coefficient (Wildman–Crippen LogP) is 3.04. The summed E-state index contributed by atoms with van der Waals surface area (Å²) in [5, 5.41) is 1.97. The second-order valence-electron chi connectivity index (χ2n) is 4.67. The molecule has 1 saturated heterocycles. The van der Waals surface area contributed by atoms with Crippen LogP contribution in [0.3, 0.4) is 0 Å². The normalized spacial score (nSPS) is 15.3. The maximum absolute atomic E-state index is 12.6. The Balaban J connectivity index is 2.03. The van der Waals surface area contributed by atoms with Gasteiger partial charge in [-0.3, -0.25) is 4.79 Å². The molecule has 5 heteroatoms.